The molecule has 1 N–H and O–H groups in total. The lowest BCUT2D eigenvalue weighted by Crippen LogP contribution is -2.35. The Morgan fingerprint density at radius 3 is 2.78 bits per heavy atom. The molecule has 1 aromatic heterocycles. The van der Waals surface area contributed by atoms with Gasteiger partial charge in [-0.3, -0.25) is 0 Å². The van der Waals surface area contributed by atoms with Gasteiger partial charge in [0.1, 0.15) is 23.7 Å². The number of rotatable bonds is 3. The van der Waals surface area contributed by atoms with Gasteiger partial charge in [0.05, 0.1) is 6.54 Å². The maximum absolute atomic E-state index is 6.24. The molecule has 0 saturated heterocycles. The highest BCUT2D eigenvalue weighted by Gasteiger charge is 2.20. The molecule has 3 aromatic rings. The van der Waals surface area contributed by atoms with Gasteiger partial charge < -0.3 is 14.8 Å². The third-order valence-corrected chi connectivity index (χ3v) is 4.06. The van der Waals surface area contributed by atoms with Crippen molar-refractivity contribution in [2.45, 2.75) is 6.10 Å². The summed E-state index contributed by atoms with van der Waals surface area (Å²) in [7, 11) is 0. The molecule has 23 heavy (non-hydrogen) atoms. The molecule has 2 aromatic carbocycles. The number of para-hydroxylation sites is 2. The maximum Gasteiger partial charge on any atom is 0.161 e. The molecule has 5 heteroatoms. The highest BCUT2D eigenvalue weighted by Crippen LogP contribution is 2.31. The summed E-state index contributed by atoms with van der Waals surface area (Å²) in [6, 6.07) is 17.6. The average molecular weight is 327 g/mol. The van der Waals surface area contributed by atoms with Crippen LogP contribution in [0.5, 0.6) is 11.5 Å². The predicted octanol–water partition coefficient (Wildman–Crippen LogP) is 4.14. The number of nitrogens with zero attached hydrogens (tertiary/aromatic N) is 1. The van der Waals surface area contributed by atoms with Gasteiger partial charge in [0.2, 0.25) is 0 Å². The first-order valence-corrected chi connectivity index (χ1v) is 7.85. The molecule has 0 amide bonds. The van der Waals surface area contributed by atoms with Crippen molar-refractivity contribution in [1.82, 2.24) is 4.98 Å². The molecule has 0 spiro atoms. The van der Waals surface area contributed by atoms with Gasteiger partial charge in [-0.05, 0) is 23.6 Å². The lowest BCUT2D eigenvalue weighted by molar-refractivity contribution is 0.0997. The fourth-order valence-electron chi connectivity index (χ4n) is 2.63. The van der Waals surface area contributed by atoms with Crippen LogP contribution < -0.4 is 14.8 Å². The monoisotopic (exact) mass is 326 g/mol. The summed E-state index contributed by atoms with van der Waals surface area (Å²) in [4.78, 5) is 4.39. The minimum atomic E-state index is -0.0723. The van der Waals surface area contributed by atoms with E-state index in [1.165, 1.54) is 0 Å². The van der Waals surface area contributed by atoms with Crippen molar-refractivity contribution < 1.29 is 9.47 Å². The molecular formula is C18H15ClN2O2. The van der Waals surface area contributed by atoms with Crippen LogP contribution in [0.1, 0.15) is 0 Å². The van der Waals surface area contributed by atoms with E-state index >= 15 is 0 Å². The van der Waals surface area contributed by atoms with E-state index in [1.807, 2.05) is 54.6 Å². The molecule has 1 atom stereocenters. The summed E-state index contributed by atoms with van der Waals surface area (Å²) in [5.74, 6) is 2.29. The predicted molar refractivity (Wildman–Crippen MR) is 91.6 cm³/mol. The van der Waals surface area contributed by atoms with Crippen LogP contribution in [0.2, 0.25) is 5.15 Å². The van der Waals surface area contributed by atoms with Crippen molar-refractivity contribution in [2.24, 2.45) is 0 Å². The van der Waals surface area contributed by atoms with Gasteiger partial charge in [-0.2, -0.15) is 0 Å². The molecule has 0 fully saturated rings. The van der Waals surface area contributed by atoms with Crippen molar-refractivity contribution in [1.29, 1.82) is 0 Å². The number of halogens is 1. The summed E-state index contributed by atoms with van der Waals surface area (Å²) in [5, 5.41) is 5.78. The van der Waals surface area contributed by atoms with Crippen molar-refractivity contribution in [2.75, 3.05) is 18.5 Å². The topological polar surface area (TPSA) is 43.4 Å². The fourth-order valence-corrected chi connectivity index (χ4v) is 2.89. The van der Waals surface area contributed by atoms with E-state index in [0.717, 1.165) is 28.1 Å². The lowest BCUT2D eigenvalue weighted by atomic mass is 10.2. The normalized spacial score (nSPS) is 16.3. The van der Waals surface area contributed by atoms with Crippen molar-refractivity contribution in [3.8, 4) is 11.5 Å². The third kappa shape index (κ3) is 2.90. The van der Waals surface area contributed by atoms with E-state index in [-0.39, 0.29) is 6.10 Å². The zero-order valence-electron chi connectivity index (χ0n) is 12.3. The second-order valence-corrected chi connectivity index (χ2v) is 5.76. The van der Waals surface area contributed by atoms with Gasteiger partial charge in [0.15, 0.2) is 11.5 Å². The van der Waals surface area contributed by atoms with Gasteiger partial charge in [0, 0.05) is 5.39 Å². The first-order valence-electron chi connectivity index (χ1n) is 7.47. The van der Waals surface area contributed by atoms with Crippen molar-refractivity contribution in [3.05, 3.63) is 59.8 Å². The Morgan fingerprint density at radius 2 is 1.87 bits per heavy atom. The number of benzene rings is 2. The van der Waals surface area contributed by atoms with Gasteiger partial charge in [-0.15, -0.1) is 0 Å². The van der Waals surface area contributed by atoms with E-state index in [1.54, 1.807) is 0 Å². The molecule has 1 unspecified atom stereocenters. The molecule has 1 aliphatic heterocycles. The number of hydrogen-bond donors (Lipinski definition) is 1. The molecule has 1 aliphatic rings. The minimum Gasteiger partial charge on any atom is -0.486 e. The largest absolute Gasteiger partial charge is 0.486 e. The average Bonchev–Trinajstić information content (AvgIpc) is 2.60. The van der Waals surface area contributed by atoms with E-state index in [0.29, 0.717) is 18.3 Å². The first kappa shape index (κ1) is 14.2. The van der Waals surface area contributed by atoms with Crippen molar-refractivity contribution >= 4 is 28.2 Å². The summed E-state index contributed by atoms with van der Waals surface area (Å²) < 4.78 is 11.6. The Morgan fingerprint density at radius 1 is 1.09 bits per heavy atom. The van der Waals surface area contributed by atoms with Crippen molar-refractivity contribution in [3.63, 3.8) is 0 Å². The second-order valence-electron chi connectivity index (χ2n) is 5.40. The Labute approximate surface area is 139 Å². The Hall–Kier alpha value is -2.46. The SMILES string of the molecule is Clc1nc(NCC2COc3ccccc3O2)cc2ccccc12. The van der Waals surface area contributed by atoms with Crippen LogP contribution in [-0.4, -0.2) is 24.2 Å². The van der Waals surface area contributed by atoms with Crippen LogP contribution in [0.25, 0.3) is 10.8 Å². The fraction of sp³-hybridized carbons (Fsp3) is 0.167. The molecule has 0 radical (unpaired) electrons. The summed E-state index contributed by atoms with van der Waals surface area (Å²) in [6.45, 7) is 1.10. The molecule has 0 saturated carbocycles. The molecule has 4 rings (SSSR count). The Bertz CT molecular complexity index is 853. The molecule has 0 bridgehead atoms. The number of anilines is 1. The molecular weight excluding hydrogens is 312 g/mol. The quantitative estimate of drug-likeness (QED) is 0.735. The molecule has 0 aliphatic carbocycles. The number of ether oxygens (including phenoxy) is 2. The lowest BCUT2D eigenvalue weighted by Gasteiger charge is -2.26. The van der Waals surface area contributed by atoms with Crippen LogP contribution in [0.4, 0.5) is 5.82 Å². The Balaban J connectivity index is 1.48. The van der Waals surface area contributed by atoms with Crippen LogP contribution in [-0.2, 0) is 0 Å². The van der Waals surface area contributed by atoms with E-state index in [2.05, 4.69) is 10.3 Å². The van der Waals surface area contributed by atoms with Crippen LogP contribution in [0.3, 0.4) is 0 Å². The maximum atomic E-state index is 6.24. The highest BCUT2D eigenvalue weighted by atomic mass is 35.5. The summed E-state index contributed by atoms with van der Waals surface area (Å²) in [6.07, 6.45) is -0.0723. The van der Waals surface area contributed by atoms with Gasteiger partial charge in [-0.25, -0.2) is 4.98 Å². The number of pyridine rings is 1. The first-order chi connectivity index (χ1) is 11.3. The standard InChI is InChI=1S/C18H15ClN2O2/c19-18-14-6-2-1-5-12(14)9-17(21-18)20-10-13-11-22-15-7-3-4-8-16(15)23-13/h1-9,13H,10-11H2,(H,20,21). The number of fused-ring (bicyclic) bond motifs is 2. The van der Waals surface area contributed by atoms with Crippen LogP contribution in [0, 0.1) is 0 Å². The van der Waals surface area contributed by atoms with Crippen LogP contribution >= 0.6 is 11.6 Å². The molecule has 2 heterocycles. The van der Waals surface area contributed by atoms with E-state index in [9.17, 15) is 0 Å². The van der Waals surface area contributed by atoms with Gasteiger partial charge >= 0.3 is 0 Å². The van der Waals surface area contributed by atoms with E-state index in [4.69, 9.17) is 21.1 Å². The number of aromatic nitrogens is 1. The van der Waals surface area contributed by atoms with Gasteiger partial charge in [-0.1, -0.05) is 48.0 Å². The highest BCUT2D eigenvalue weighted by molar-refractivity contribution is 6.34. The minimum absolute atomic E-state index is 0.0723. The number of nitrogens with one attached hydrogen (secondary N) is 1. The zero-order chi connectivity index (χ0) is 15.6. The summed E-state index contributed by atoms with van der Waals surface area (Å²) >= 11 is 6.24. The molecule has 4 nitrogen and oxygen atoms in total. The molecule has 116 valence electrons. The van der Waals surface area contributed by atoms with Gasteiger partial charge in [0.25, 0.3) is 0 Å². The van der Waals surface area contributed by atoms with Crippen LogP contribution in [0.15, 0.2) is 54.6 Å². The Kier molecular flexibility index (Phi) is 3.67. The third-order valence-electron chi connectivity index (χ3n) is 3.77. The number of hydrogen-bond acceptors (Lipinski definition) is 4. The van der Waals surface area contributed by atoms with E-state index < -0.39 is 0 Å². The smallest absolute Gasteiger partial charge is 0.161 e. The zero-order valence-corrected chi connectivity index (χ0v) is 13.1. The summed E-state index contributed by atoms with van der Waals surface area (Å²) in [5.41, 5.74) is 0. The second kappa shape index (κ2) is 5.97.